The summed E-state index contributed by atoms with van der Waals surface area (Å²) in [6.45, 7) is 9.47. The number of nitrogens with zero attached hydrogens (tertiary/aromatic N) is 2. The predicted molar refractivity (Wildman–Crippen MR) is 81.7 cm³/mol. The third-order valence-electron chi connectivity index (χ3n) is 3.71. The summed E-state index contributed by atoms with van der Waals surface area (Å²) in [5.41, 5.74) is 2.64. The minimum atomic E-state index is 0.0850. The maximum Gasteiger partial charge on any atom is 0.317 e. The lowest BCUT2D eigenvalue weighted by Gasteiger charge is -2.34. The molecule has 0 bridgehead atoms. The summed E-state index contributed by atoms with van der Waals surface area (Å²) in [6, 6.07) is 8.78. The molecule has 1 saturated heterocycles. The van der Waals surface area contributed by atoms with Crippen LogP contribution in [0.5, 0.6) is 0 Å². The molecule has 0 saturated carbocycles. The summed E-state index contributed by atoms with van der Waals surface area (Å²) in [5, 5.41) is 2.94. The second kappa shape index (κ2) is 7.29. The minimum absolute atomic E-state index is 0.0850. The topological polar surface area (TPSA) is 35.6 Å². The van der Waals surface area contributed by atoms with Crippen LogP contribution in [-0.2, 0) is 6.54 Å². The molecule has 0 spiro atoms. The highest BCUT2D eigenvalue weighted by atomic mass is 16.2. The van der Waals surface area contributed by atoms with Crippen molar-refractivity contribution in [2.45, 2.75) is 26.8 Å². The summed E-state index contributed by atoms with van der Waals surface area (Å²) in [5.74, 6) is 0. The van der Waals surface area contributed by atoms with Crippen molar-refractivity contribution >= 4 is 6.03 Å². The summed E-state index contributed by atoms with van der Waals surface area (Å²) < 4.78 is 0. The third kappa shape index (κ3) is 4.23. The molecule has 1 heterocycles. The second-order valence-electron chi connectivity index (χ2n) is 5.48. The molecule has 0 unspecified atom stereocenters. The number of benzene rings is 1. The molecule has 0 aliphatic carbocycles. The fourth-order valence-electron chi connectivity index (χ4n) is 2.40. The van der Waals surface area contributed by atoms with E-state index in [1.807, 2.05) is 4.90 Å². The molecule has 0 radical (unpaired) electrons. The van der Waals surface area contributed by atoms with Crippen molar-refractivity contribution in [2.24, 2.45) is 0 Å². The molecule has 1 fully saturated rings. The van der Waals surface area contributed by atoms with Crippen molar-refractivity contribution < 1.29 is 4.79 Å². The van der Waals surface area contributed by atoms with Gasteiger partial charge in [-0.2, -0.15) is 0 Å². The number of carbonyl (C=O) groups is 1. The zero-order chi connectivity index (χ0) is 14.4. The van der Waals surface area contributed by atoms with Crippen LogP contribution in [0.3, 0.4) is 0 Å². The Morgan fingerprint density at radius 1 is 1.15 bits per heavy atom. The van der Waals surface area contributed by atoms with Gasteiger partial charge in [0.1, 0.15) is 0 Å². The first-order valence-corrected chi connectivity index (χ1v) is 7.49. The van der Waals surface area contributed by atoms with Gasteiger partial charge in [-0.1, -0.05) is 36.8 Å². The van der Waals surface area contributed by atoms with E-state index in [1.165, 1.54) is 11.1 Å². The molecule has 20 heavy (non-hydrogen) atoms. The van der Waals surface area contributed by atoms with Gasteiger partial charge >= 0.3 is 6.03 Å². The lowest BCUT2D eigenvalue weighted by molar-refractivity contribution is 0.135. The maximum atomic E-state index is 11.9. The van der Waals surface area contributed by atoms with Crippen molar-refractivity contribution in [3.8, 4) is 0 Å². The molecule has 1 aromatic rings. The second-order valence-corrected chi connectivity index (χ2v) is 5.48. The Kier molecular flexibility index (Phi) is 5.41. The van der Waals surface area contributed by atoms with Crippen LogP contribution in [0.25, 0.3) is 0 Å². The Hall–Kier alpha value is -1.55. The Morgan fingerprint density at radius 3 is 2.40 bits per heavy atom. The van der Waals surface area contributed by atoms with Gasteiger partial charge in [0.2, 0.25) is 0 Å². The van der Waals surface area contributed by atoms with E-state index in [-0.39, 0.29) is 6.03 Å². The summed E-state index contributed by atoms with van der Waals surface area (Å²) in [4.78, 5) is 16.2. The first-order chi connectivity index (χ1) is 9.69. The molecule has 1 aliphatic rings. The lowest BCUT2D eigenvalue weighted by atomic mass is 10.1. The van der Waals surface area contributed by atoms with E-state index >= 15 is 0 Å². The first kappa shape index (κ1) is 14.9. The van der Waals surface area contributed by atoms with Crippen molar-refractivity contribution in [1.82, 2.24) is 15.1 Å². The average molecular weight is 275 g/mol. The van der Waals surface area contributed by atoms with Gasteiger partial charge in [-0.25, -0.2) is 4.79 Å². The minimum Gasteiger partial charge on any atom is -0.338 e. The molecular weight excluding hydrogens is 250 g/mol. The van der Waals surface area contributed by atoms with Crippen LogP contribution in [0.4, 0.5) is 4.79 Å². The van der Waals surface area contributed by atoms with E-state index in [9.17, 15) is 4.79 Å². The van der Waals surface area contributed by atoms with Crippen LogP contribution in [0.2, 0.25) is 0 Å². The number of amides is 2. The van der Waals surface area contributed by atoms with Crippen molar-refractivity contribution in [1.29, 1.82) is 0 Å². The van der Waals surface area contributed by atoms with E-state index in [0.29, 0.717) is 0 Å². The van der Waals surface area contributed by atoms with Crippen molar-refractivity contribution in [3.63, 3.8) is 0 Å². The molecule has 1 aliphatic heterocycles. The Bertz CT molecular complexity index is 422. The zero-order valence-electron chi connectivity index (χ0n) is 12.6. The summed E-state index contributed by atoms with van der Waals surface area (Å²) in [7, 11) is 0. The lowest BCUT2D eigenvalue weighted by Crippen LogP contribution is -2.51. The van der Waals surface area contributed by atoms with Crippen LogP contribution < -0.4 is 5.32 Å². The van der Waals surface area contributed by atoms with Gasteiger partial charge in [-0.05, 0) is 18.9 Å². The molecule has 0 aromatic heterocycles. The SMILES string of the molecule is CCCNC(=O)N1CCN(Cc2ccc(C)cc2)CC1. The standard InChI is InChI=1S/C16H25N3O/c1-3-8-17-16(20)19-11-9-18(10-12-19)13-15-6-4-14(2)5-7-15/h4-7H,3,8-13H2,1-2H3,(H,17,20). The van der Waals surface area contributed by atoms with E-state index in [0.717, 1.165) is 45.7 Å². The number of hydrogen-bond acceptors (Lipinski definition) is 2. The van der Waals surface area contributed by atoms with Gasteiger partial charge in [-0.3, -0.25) is 4.90 Å². The van der Waals surface area contributed by atoms with Crippen molar-refractivity contribution in [2.75, 3.05) is 32.7 Å². The van der Waals surface area contributed by atoms with Crippen molar-refractivity contribution in [3.05, 3.63) is 35.4 Å². The highest BCUT2D eigenvalue weighted by Crippen LogP contribution is 2.09. The highest BCUT2D eigenvalue weighted by Gasteiger charge is 2.20. The van der Waals surface area contributed by atoms with Gasteiger partial charge in [0.05, 0.1) is 0 Å². The third-order valence-corrected chi connectivity index (χ3v) is 3.71. The van der Waals surface area contributed by atoms with Crippen LogP contribution >= 0.6 is 0 Å². The Labute approximate surface area is 121 Å². The fraction of sp³-hybridized carbons (Fsp3) is 0.562. The normalized spacial score (nSPS) is 16.2. The molecule has 2 amide bonds. The van der Waals surface area contributed by atoms with Crippen LogP contribution in [0.1, 0.15) is 24.5 Å². The highest BCUT2D eigenvalue weighted by molar-refractivity contribution is 5.74. The molecule has 0 atom stereocenters. The molecule has 2 rings (SSSR count). The van der Waals surface area contributed by atoms with E-state index in [1.54, 1.807) is 0 Å². The monoisotopic (exact) mass is 275 g/mol. The van der Waals surface area contributed by atoms with E-state index in [4.69, 9.17) is 0 Å². The molecule has 1 aromatic carbocycles. The van der Waals surface area contributed by atoms with Gasteiger partial charge in [0.25, 0.3) is 0 Å². The zero-order valence-corrected chi connectivity index (χ0v) is 12.6. The Morgan fingerprint density at radius 2 is 1.80 bits per heavy atom. The number of piperazine rings is 1. The fourth-order valence-corrected chi connectivity index (χ4v) is 2.40. The van der Waals surface area contributed by atoms with Gasteiger partial charge in [-0.15, -0.1) is 0 Å². The van der Waals surface area contributed by atoms with Crippen LogP contribution in [0.15, 0.2) is 24.3 Å². The number of rotatable bonds is 4. The predicted octanol–water partition coefficient (Wildman–Crippen LogP) is 2.23. The number of carbonyl (C=O) groups excluding carboxylic acids is 1. The van der Waals surface area contributed by atoms with Gasteiger partial charge in [0.15, 0.2) is 0 Å². The largest absolute Gasteiger partial charge is 0.338 e. The van der Waals surface area contributed by atoms with Gasteiger partial charge < -0.3 is 10.2 Å². The summed E-state index contributed by atoms with van der Waals surface area (Å²) >= 11 is 0. The van der Waals surface area contributed by atoms with Crippen LogP contribution in [0, 0.1) is 6.92 Å². The smallest absolute Gasteiger partial charge is 0.317 e. The quantitative estimate of drug-likeness (QED) is 0.914. The molecule has 4 nitrogen and oxygen atoms in total. The van der Waals surface area contributed by atoms with Crippen LogP contribution in [-0.4, -0.2) is 48.6 Å². The number of urea groups is 1. The number of aryl methyl sites for hydroxylation is 1. The summed E-state index contributed by atoms with van der Waals surface area (Å²) in [6.07, 6.45) is 0.985. The maximum absolute atomic E-state index is 11.9. The number of nitrogens with one attached hydrogen (secondary N) is 1. The molecule has 110 valence electrons. The molecular formula is C16H25N3O. The molecule has 4 heteroatoms. The average Bonchev–Trinajstić information content (AvgIpc) is 2.48. The van der Waals surface area contributed by atoms with E-state index < -0.39 is 0 Å². The number of hydrogen-bond donors (Lipinski definition) is 1. The van der Waals surface area contributed by atoms with Gasteiger partial charge in [0, 0.05) is 39.3 Å². The van der Waals surface area contributed by atoms with E-state index in [2.05, 4.69) is 48.3 Å². The molecule has 1 N–H and O–H groups in total. The Balaban J connectivity index is 1.76. The first-order valence-electron chi connectivity index (χ1n) is 7.49.